The number of anilines is 1. The fourth-order valence-electron chi connectivity index (χ4n) is 5.81. The van der Waals surface area contributed by atoms with Crippen molar-refractivity contribution in [2.75, 3.05) is 18.5 Å². The highest BCUT2D eigenvalue weighted by Crippen LogP contribution is 2.43. The number of carbonyl (C=O) groups excluding carboxylic acids is 4. The molecule has 2 N–H and O–H groups in total. The van der Waals surface area contributed by atoms with E-state index >= 15 is 0 Å². The normalized spacial score (nSPS) is 19.5. The number of benzene rings is 3. The molecule has 3 aliphatic carbocycles. The minimum atomic E-state index is -1.17. The predicted molar refractivity (Wildman–Crippen MR) is 146 cm³/mol. The maximum absolute atomic E-state index is 14.0. The summed E-state index contributed by atoms with van der Waals surface area (Å²) in [5.41, 5.74) is 1.10. The van der Waals surface area contributed by atoms with E-state index in [1.807, 2.05) is 0 Å². The molecular weight excluding hydrogens is 508 g/mol. The van der Waals surface area contributed by atoms with Crippen molar-refractivity contribution in [2.24, 2.45) is 0 Å². The highest BCUT2D eigenvalue weighted by atomic mass is 16.5. The van der Waals surface area contributed by atoms with Crippen LogP contribution in [-0.4, -0.2) is 48.1 Å². The van der Waals surface area contributed by atoms with Crippen molar-refractivity contribution >= 4 is 40.2 Å². The highest BCUT2D eigenvalue weighted by Gasteiger charge is 2.48. The minimum absolute atomic E-state index is 0.00805. The molecule has 1 heterocycles. The summed E-state index contributed by atoms with van der Waals surface area (Å²) in [6.45, 7) is 3.83. The summed E-state index contributed by atoms with van der Waals surface area (Å²) in [4.78, 5) is 56.4. The molecule has 0 bridgehead atoms. The molecule has 3 aromatic rings. The zero-order valence-corrected chi connectivity index (χ0v) is 21.6. The largest absolute Gasteiger partial charge is 0.493 e. The van der Waals surface area contributed by atoms with E-state index in [-0.39, 0.29) is 86.3 Å². The smallest absolute Gasteiger partial charge is 0.454 e. The maximum Gasteiger partial charge on any atom is 0.454 e. The van der Waals surface area contributed by atoms with E-state index < -0.39 is 29.2 Å². The van der Waals surface area contributed by atoms with Gasteiger partial charge < -0.3 is 14.8 Å². The lowest BCUT2D eigenvalue weighted by Gasteiger charge is -2.33. The van der Waals surface area contributed by atoms with Crippen molar-refractivity contribution < 1.29 is 36.5 Å². The number of ether oxygens (including phenoxy) is 2. The summed E-state index contributed by atoms with van der Waals surface area (Å²) >= 11 is 0. The molecule has 0 radical (unpaired) electrons. The van der Waals surface area contributed by atoms with Gasteiger partial charge in [-0.15, -0.1) is 0 Å². The number of ketones is 4. The zero-order valence-electron chi connectivity index (χ0n) is 23.6. The van der Waals surface area contributed by atoms with Crippen molar-refractivity contribution in [1.29, 1.82) is 0 Å². The topological polar surface area (TPSA) is 113 Å². The summed E-state index contributed by atoms with van der Waals surface area (Å²) in [7, 11) is 0. The molecule has 40 heavy (non-hydrogen) atoms. The van der Waals surface area contributed by atoms with Crippen LogP contribution in [0.15, 0.2) is 77.6 Å². The first-order chi connectivity index (χ1) is 20.3. The second-order valence-corrected chi connectivity index (χ2v) is 9.63. The predicted octanol–water partition coefficient (Wildman–Crippen LogP) is 3.12. The third-order valence-electron chi connectivity index (χ3n) is 7.46. The van der Waals surface area contributed by atoms with E-state index in [0.717, 1.165) is 10.3 Å². The van der Waals surface area contributed by atoms with Gasteiger partial charge in [0.05, 0.1) is 30.4 Å². The van der Waals surface area contributed by atoms with Gasteiger partial charge in [0.15, 0.2) is 18.8 Å². The number of hydrogen-bond acceptors (Lipinski definition) is 7. The molecule has 1 atom stereocenters. The molecule has 0 fully saturated rings. The highest BCUT2D eigenvalue weighted by molar-refractivity contribution is 6.34. The van der Waals surface area contributed by atoms with Crippen LogP contribution in [0.1, 0.15) is 66.4 Å². The standard InChI is InChI=1S/C32H22N2O6/c1-3-39-21-13-19-27(25-23(21)29(35)15-9-5-7-11-17(15)31(25)37)34-20-14-22(40-4-2)24-26(28(20)33-19)32(38)18-12-8-6-10-16(18)30(24)36/h5-14,27,34H,3-4H2,1-2H3/p+1/i/hD2. The van der Waals surface area contributed by atoms with E-state index in [0.29, 0.717) is 0 Å². The first-order valence-electron chi connectivity index (χ1n) is 13.9. The fraction of sp³-hybridized carbons (Fsp3) is 0.156. The van der Waals surface area contributed by atoms with Crippen molar-refractivity contribution in [3.8, 4) is 5.75 Å². The Balaban J connectivity index is 1.53. The lowest BCUT2D eigenvalue weighted by atomic mass is 9.75. The van der Waals surface area contributed by atoms with Crippen LogP contribution >= 0.6 is 0 Å². The van der Waals surface area contributed by atoms with Gasteiger partial charge in [0, 0.05) is 33.9 Å². The molecule has 0 amide bonds. The Hall–Kier alpha value is -5.11. The first kappa shape index (κ1) is 21.8. The third kappa shape index (κ3) is 3.16. The summed E-state index contributed by atoms with van der Waals surface area (Å²) < 4.78 is 30.2. The summed E-state index contributed by atoms with van der Waals surface area (Å²) in [6, 6.07) is 13.2. The Labute approximate surface area is 231 Å². The molecule has 196 valence electrons. The van der Waals surface area contributed by atoms with Gasteiger partial charge in [0.1, 0.15) is 28.8 Å². The van der Waals surface area contributed by atoms with Crippen LogP contribution < -0.4 is 15.0 Å². The second kappa shape index (κ2) is 8.71. The lowest BCUT2D eigenvalue weighted by molar-refractivity contribution is -0.355. The van der Waals surface area contributed by atoms with E-state index in [1.54, 1.807) is 62.4 Å². The van der Waals surface area contributed by atoms with Gasteiger partial charge in [-0.3, -0.25) is 19.2 Å². The van der Waals surface area contributed by atoms with Crippen molar-refractivity contribution in [3.05, 3.63) is 111 Å². The number of rotatable bonds is 4. The molecule has 4 aliphatic rings. The molecule has 1 unspecified atom stereocenters. The molecule has 0 aromatic heterocycles. The van der Waals surface area contributed by atoms with Crippen LogP contribution in [-0.2, 0) is 4.74 Å². The van der Waals surface area contributed by atoms with Gasteiger partial charge >= 0.3 is 1.41 Å². The number of fused-ring (bicyclic) bond motifs is 7. The molecule has 8 nitrogen and oxygen atoms in total. The number of allylic oxidation sites excluding steroid dienone is 1. The number of Topliss-reactive ketones (excluding diaryl/α,β-unsaturated/α-hetero) is 2. The first-order valence-corrected chi connectivity index (χ1v) is 13.0. The van der Waals surface area contributed by atoms with Crippen LogP contribution in [0, 0.1) is 0 Å². The van der Waals surface area contributed by atoms with Gasteiger partial charge in [-0.1, -0.05) is 48.5 Å². The zero-order chi connectivity index (χ0) is 29.4. The molecule has 7 rings (SSSR count). The van der Waals surface area contributed by atoms with E-state index in [9.17, 15) is 22.0 Å². The van der Waals surface area contributed by atoms with Crippen LogP contribution in [0.25, 0.3) is 0 Å². The Morgan fingerprint density at radius 2 is 1.40 bits per heavy atom. The Morgan fingerprint density at radius 3 is 2.02 bits per heavy atom. The van der Waals surface area contributed by atoms with Crippen LogP contribution in [0.5, 0.6) is 5.75 Å². The van der Waals surface area contributed by atoms with Crippen LogP contribution in [0.3, 0.4) is 0 Å². The average Bonchev–Trinajstić information content (AvgIpc) is 3.00. The fourth-order valence-corrected chi connectivity index (χ4v) is 5.81. The van der Waals surface area contributed by atoms with E-state index in [1.165, 1.54) is 12.1 Å². The molecular formula is C32H23N2O6+. The minimum Gasteiger partial charge on any atom is -0.493 e. The van der Waals surface area contributed by atoms with E-state index in [2.05, 4.69) is 0 Å². The molecule has 0 saturated carbocycles. The Morgan fingerprint density at radius 1 is 0.825 bits per heavy atom. The number of carbonyl (C=O) groups is 4. The van der Waals surface area contributed by atoms with E-state index in [4.69, 9.17) is 9.47 Å². The lowest BCUT2D eigenvalue weighted by Crippen LogP contribution is -2.74. The summed E-state index contributed by atoms with van der Waals surface area (Å²) in [5, 5.41) is 1.02. The summed E-state index contributed by atoms with van der Waals surface area (Å²) in [5.74, 6) is -1.57. The maximum atomic E-state index is 14.0. The Bertz CT molecular complexity index is 1920. The van der Waals surface area contributed by atoms with Crippen molar-refractivity contribution in [3.63, 3.8) is 0 Å². The SMILES string of the molecule is [2H]N1c2cc(OCC)c3c(c2[N+]([2H])=C2C=C(OCC)C4=C(C(=O)c5ccccc5C4=O)C21)C(=O)c1ccccc1C3=O. The Kier molecular flexibility index (Phi) is 4.74. The van der Waals surface area contributed by atoms with Gasteiger partial charge in [0.25, 0.3) is 0 Å². The van der Waals surface area contributed by atoms with Crippen LogP contribution in [0.4, 0.5) is 11.4 Å². The van der Waals surface area contributed by atoms with Gasteiger partial charge in [-0.25, -0.2) is 4.99 Å². The second-order valence-electron chi connectivity index (χ2n) is 9.63. The number of hydrogen-bond donors (Lipinski definition) is 2. The van der Waals surface area contributed by atoms with Crippen molar-refractivity contribution in [2.45, 2.75) is 19.9 Å². The molecule has 0 spiro atoms. The van der Waals surface area contributed by atoms with Gasteiger partial charge in [-0.2, -0.15) is 0 Å². The van der Waals surface area contributed by atoms with Crippen LogP contribution in [0.2, 0.25) is 2.82 Å². The summed E-state index contributed by atoms with van der Waals surface area (Å²) in [6.07, 6.45) is 1.47. The molecule has 0 saturated heterocycles. The molecule has 1 aliphatic heterocycles. The quantitative estimate of drug-likeness (QED) is 0.415. The molecule has 3 aromatic carbocycles. The third-order valence-corrected chi connectivity index (χ3v) is 7.46. The average molecular weight is 534 g/mol. The van der Waals surface area contributed by atoms with Crippen molar-refractivity contribution in [1.82, 2.24) is 0 Å². The van der Waals surface area contributed by atoms with Gasteiger partial charge in [0.2, 0.25) is 17.2 Å². The molecule has 8 heteroatoms. The number of nitrogens with one attached hydrogen (secondary N) is 2. The van der Waals surface area contributed by atoms with Gasteiger partial charge in [-0.05, 0) is 13.8 Å². The monoisotopic (exact) mass is 533 g/mol.